The average Bonchev–Trinajstić information content (AvgIpc) is 2.80. The summed E-state index contributed by atoms with van der Waals surface area (Å²) < 4.78 is 38.9. The summed E-state index contributed by atoms with van der Waals surface area (Å²) in [5, 5.41) is 8.17. The minimum Gasteiger partial charge on any atom is -0.362 e. The highest BCUT2D eigenvalue weighted by Crippen LogP contribution is 2.32. The average molecular weight is 492 g/mol. The van der Waals surface area contributed by atoms with Gasteiger partial charge in [0.2, 0.25) is 5.95 Å². The van der Waals surface area contributed by atoms with Gasteiger partial charge in [0.25, 0.3) is 0 Å². The number of rotatable bonds is 7. The van der Waals surface area contributed by atoms with Crippen molar-refractivity contribution < 1.29 is 13.2 Å². The monoisotopic (exact) mass is 491 g/mol. The first-order valence-corrected chi connectivity index (χ1v) is 11.9. The molecule has 1 heterocycles. The maximum Gasteiger partial charge on any atom is 0.416 e. The Morgan fingerprint density at radius 2 is 1.76 bits per heavy atom. The van der Waals surface area contributed by atoms with Gasteiger partial charge in [0, 0.05) is 37.1 Å². The second-order valence-electron chi connectivity index (χ2n) is 9.08. The molecule has 0 bridgehead atoms. The normalized spacial score (nSPS) is 18.8. The number of hydrogen-bond acceptors (Lipinski definition) is 5. The molecular weight excluding hydrogens is 463 g/mol. The van der Waals surface area contributed by atoms with Crippen molar-refractivity contribution in [3.63, 3.8) is 0 Å². The largest absolute Gasteiger partial charge is 0.416 e. The van der Waals surface area contributed by atoms with Crippen molar-refractivity contribution in [1.82, 2.24) is 15.3 Å². The molecule has 1 aliphatic carbocycles. The van der Waals surface area contributed by atoms with Gasteiger partial charge in [0.05, 0.1) is 11.1 Å². The standard InChI is InChI=1S/C25H29ClF3N5/c1-34(2)23-20-5-3-4-6-22(20)32-24(33-23)31-19-10-7-16(8-11-19)14-30-15-17-13-18(25(27,28)29)9-12-21(17)26/h3-6,9,12-13,16,19,30H,7-8,10-11,14-15H2,1-2H3,(H,31,32,33)/t16-,19+. The van der Waals surface area contributed by atoms with Crippen LogP contribution in [0.25, 0.3) is 10.9 Å². The minimum atomic E-state index is -4.37. The third-order valence-electron chi connectivity index (χ3n) is 6.31. The fourth-order valence-electron chi connectivity index (χ4n) is 4.46. The Morgan fingerprint density at radius 1 is 1.03 bits per heavy atom. The van der Waals surface area contributed by atoms with Gasteiger partial charge in [-0.25, -0.2) is 4.98 Å². The molecule has 2 N–H and O–H groups in total. The third-order valence-corrected chi connectivity index (χ3v) is 6.68. The summed E-state index contributed by atoms with van der Waals surface area (Å²) >= 11 is 6.10. The van der Waals surface area contributed by atoms with Gasteiger partial charge in [0.1, 0.15) is 5.82 Å². The summed E-state index contributed by atoms with van der Waals surface area (Å²) in [5.41, 5.74) is 0.709. The van der Waals surface area contributed by atoms with Gasteiger partial charge < -0.3 is 15.5 Å². The van der Waals surface area contributed by atoms with Crippen LogP contribution >= 0.6 is 11.6 Å². The Morgan fingerprint density at radius 3 is 2.47 bits per heavy atom. The quantitative estimate of drug-likeness (QED) is 0.416. The van der Waals surface area contributed by atoms with Gasteiger partial charge in [0.15, 0.2) is 0 Å². The van der Waals surface area contributed by atoms with Gasteiger partial charge >= 0.3 is 6.18 Å². The van der Waals surface area contributed by atoms with Crippen LogP contribution in [0.3, 0.4) is 0 Å². The molecule has 0 amide bonds. The second-order valence-corrected chi connectivity index (χ2v) is 9.49. The van der Waals surface area contributed by atoms with E-state index in [1.165, 1.54) is 6.07 Å². The van der Waals surface area contributed by atoms with E-state index in [1.54, 1.807) is 0 Å². The molecular formula is C25H29ClF3N5. The zero-order chi connectivity index (χ0) is 24.3. The Bertz CT molecular complexity index is 1130. The Balaban J connectivity index is 1.29. The number of fused-ring (bicyclic) bond motifs is 1. The number of nitrogens with one attached hydrogen (secondary N) is 2. The first-order chi connectivity index (χ1) is 16.2. The molecule has 3 aromatic rings. The van der Waals surface area contributed by atoms with Gasteiger partial charge in [-0.1, -0.05) is 23.7 Å². The Hall–Kier alpha value is -2.58. The molecule has 1 aromatic heterocycles. The molecule has 0 unspecified atom stereocenters. The van der Waals surface area contributed by atoms with Gasteiger partial charge in [-0.3, -0.25) is 0 Å². The SMILES string of the molecule is CN(C)c1nc(N[C@H]2CC[C@@H](CNCc3cc(C(F)(F)F)ccc3Cl)CC2)nc2ccccc12. The van der Waals surface area contributed by atoms with E-state index in [2.05, 4.69) is 10.6 Å². The van der Waals surface area contributed by atoms with Crippen molar-refractivity contribution in [3.8, 4) is 0 Å². The van der Waals surface area contributed by atoms with Crippen LogP contribution in [-0.2, 0) is 12.7 Å². The molecule has 0 aliphatic heterocycles. The molecule has 0 radical (unpaired) electrons. The molecule has 34 heavy (non-hydrogen) atoms. The molecule has 1 saturated carbocycles. The predicted molar refractivity (Wildman–Crippen MR) is 131 cm³/mol. The van der Waals surface area contributed by atoms with E-state index < -0.39 is 11.7 Å². The molecule has 182 valence electrons. The molecule has 1 fully saturated rings. The predicted octanol–water partition coefficient (Wildman–Crippen LogP) is 6.13. The van der Waals surface area contributed by atoms with Crippen molar-refractivity contribution in [2.45, 2.75) is 44.4 Å². The summed E-state index contributed by atoms with van der Waals surface area (Å²) in [7, 11) is 3.95. The fraction of sp³-hybridized carbons (Fsp3) is 0.440. The van der Waals surface area contributed by atoms with Gasteiger partial charge in [-0.05, 0) is 74.0 Å². The van der Waals surface area contributed by atoms with Crippen molar-refractivity contribution in [3.05, 3.63) is 58.6 Å². The van der Waals surface area contributed by atoms with E-state index in [-0.39, 0.29) is 0 Å². The van der Waals surface area contributed by atoms with E-state index in [0.717, 1.165) is 61.1 Å². The maximum absolute atomic E-state index is 13.0. The number of anilines is 2. The van der Waals surface area contributed by atoms with Crippen LogP contribution in [0.15, 0.2) is 42.5 Å². The summed E-state index contributed by atoms with van der Waals surface area (Å²) in [6, 6.07) is 11.7. The Labute approximate surface area is 202 Å². The summed E-state index contributed by atoms with van der Waals surface area (Å²) in [4.78, 5) is 11.4. The topological polar surface area (TPSA) is 53.1 Å². The number of aromatic nitrogens is 2. The van der Waals surface area contributed by atoms with E-state index >= 15 is 0 Å². The fourth-order valence-corrected chi connectivity index (χ4v) is 4.64. The molecule has 2 aromatic carbocycles. The van der Waals surface area contributed by atoms with Crippen LogP contribution in [-0.4, -0.2) is 36.6 Å². The van der Waals surface area contributed by atoms with Crippen LogP contribution in [0.1, 0.15) is 36.8 Å². The van der Waals surface area contributed by atoms with Crippen LogP contribution in [0, 0.1) is 5.92 Å². The lowest BCUT2D eigenvalue weighted by Crippen LogP contribution is -2.31. The molecule has 0 saturated heterocycles. The number of para-hydroxylation sites is 1. The summed E-state index contributed by atoms with van der Waals surface area (Å²) in [6.07, 6.45) is -0.342. The summed E-state index contributed by atoms with van der Waals surface area (Å²) in [6.45, 7) is 1.07. The van der Waals surface area contributed by atoms with Crippen LogP contribution in [0.5, 0.6) is 0 Å². The molecule has 0 spiro atoms. The molecule has 1 aliphatic rings. The molecule has 9 heteroatoms. The van der Waals surface area contributed by atoms with E-state index in [4.69, 9.17) is 21.6 Å². The highest BCUT2D eigenvalue weighted by atomic mass is 35.5. The van der Waals surface area contributed by atoms with Crippen molar-refractivity contribution >= 4 is 34.3 Å². The lowest BCUT2D eigenvalue weighted by atomic mass is 9.86. The minimum absolute atomic E-state index is 0.297. The summed E-state index contributed by atoms with van der Waals surface area (Å²) in [5.74, 6) is 2.00. The number of halogens is 4. The van der Waals surface area contributed by atoms with Crippen LogP contribution < -0.4 is 15.5 Å². The number of benzene rings is 2. The second kappa shape index (κ2) is 10.4. The van der Waals surface area contributed by atoms with Crippen LogP contribution in [0.4, 0.5) is 24.9 Å². The van der Waals surface area contributed by atoms with Crippen molar-refractivity contribution in [1.29, 1.82) is 0 Å². The Kier molecular flexibility index (Phi) is 7.48. The van der Waals surface area contributed by atoms with Gasteiger partial charge in [-0.15, -0.1) is 0 Å². The third kappa shape index (κ3) is 5.91. The zero-order valence-corrected chi connectivity index (χ0v) is 20.0. The highest BCUT2D eigenvalue weighted by molar-refractivity contribution is 6.31. The number of hydrogen-bond donors (Lipinski definition) is 2. The number of alkyl halides is 3. The molecule has 4 rings (SSSR count). The maximum atomic E-state index is 13.0. The van der Waals surface area contributed by atoms with Crippen molar-refractivity contribution in [2.24, 2.45) is 5.92 Å². The molecule has 5 nitrogen and oxygen atoms in total. The first-order valence-electron chi connectivity index (χ1n) is 11.5. The first kappa shape index (κ1) is 24.5. The number of nitrogens with zero attached hydrogens (tertiary/aromatic N) is 3. The van der Waals surface area contributed by atoms with E-state index in [9.17, 15) is 13.2 Å². The van der Waals surface area contributed by atoms with E-state index in [0.29, 0.717) is 35.0 Å². The van der Waals surface area contributed by atoms with Crippen LogP contribution in [0.2, 0.25) is 5.02 Å². The van der Waals surface area contributed by atoms with E-state index in [1.807, 2.05) is 43.3 Å². The smallest absolute Gasteiger partial charge is 0.362 e. The van der Waals surface area contributed by atoms with Crippen molar-refractivity contribution in [2.75, 3.05) is 30.9 Å². The lowest BCUT2D eigenvalue weighted by molar-refractivity contribution is -0.137. The zero-order valence-electron chi connectivity index (χ0n) is 19.3. The van der Waals surface area contributed by atoms with Gasteiger partial charge in [-0.2, -0.15) is 18.2 Å². The molecule has 0 atom stereocenters. The highest BCUT2D eigenvalue weighted by Gasteiger charge is 2.31. The lowest BCUT2D eigenvalue weighted by Gasteiger charge is -2.29.